The third-order valence-corrected chi connectivity index (χ3v) is 6.23. The molecule has 14 nitrogen and oxygen atoms in total. The quantitative estimate of drug-likeness (QED) is 0.146. The van der Waals surface area contributed by atoms with E-state index in [1.807, 2.05) is 20.8 Å². The predicted molar refractivity (Wildman–Crippen MR) is 145 cm³/mol. The zero-order valence-corrected chi connectivity index (χ0v) is 24.4. The first-order valence-electron chi connectivity index (χ1n) is 14.4. The standard InChI is InChI=1S/C27H42FN3O11/c1-4-7-10-13-37-25(34)30-22-18(28)16-31(24(33)29-22)23-20(32)21(42-27(36)39-15-12-9-6-3)19(41-23)17-40-26(35)38-14-11-8-5-2/h16,19-21,23,32H,4-15,17H2,1-3H3,(H,29,30,33,34)/t19-,20-,21-,23-/m1/s1. The van der Waals surface area contributed by atoms with Crippen molar-refractivity contribution in [2.24, 2.45) is 0 Å². The average molecular weight is 604 g/mol. The molecule has 1 aromatic rings. The van der Waals surface area contributed by atoms with E-state index >= 15 is 0 Å². The van der Waals surface area contributed by atoms with E-state index in [9.17, 15) is 28.7 Å². The monoisotopic (exact) mass is 603 g/mol. The minimum Gasteiger partial charge on any atom is -0.449 e. The van der Waals surface area contributed by atoms with Crippen molar-refractivity contribution in [2.45, 2.75) is 103 Å². The number of aromatic nitrogens is 2. The highest BCUT2D eigenvalue weighted by Crippen LogP contribution is 2.31. The molecule has 2 heterocycles. The van der Waals surface area contributed by atoms with E-state index in [4.69, 9.17) is 28.4 Å². The summed E-state index contributed by atoms with van der Waals surface area (Å²) in [5.41, 5.74) is -1.10. The summed E-state index contributed by atoms with van der Waals surface area (Å²) < 4.78 is 46.4. The third kappa shape index (κ3) is 11.4. The fourth-order valence-corrected chi connectivity index (χ4v) is 3.95. The number of aliphatic hydroxyl groups excluding tert-OH is 1. The minimum atomic E-state index is -1.72. The topological polar surface area (TPSA) is 174 Å². The van der Waals surface area contributed by atoms with Gasteiger partial charge in [-0.15, -0.1) is 0 Å². The van der Waals surface area contributed by atoms with Crippen LogP contribution in [-0.2, 0) is 28.4 Å². The fourth-order valence-electron chi connectivity index (χ4n) is 3.95. The summed E-state index contributed by atoms with van der Waals surface area (Å²) in [4.78, 5) is 52.5. The van der Waals surface area contributed by atoms with E-state index in [-0.39, 0.29) is 19.8 Å². The summed E-state index contributed by atoms with van der Waals surface area (Å²) in [6.45, 7) is 5.75. The van der Waals surface area contributed by atoms with Crippen LogP contribution in [0.5, 0.6) is 0 Å². The second kappa shape index (κ2) is 18.9. The van der Waals surface area contributed by atoms with Gasteiger partial charge in [-0.3, -0.25) is 9.88 Å². The maximum absolute atomic E-state index is 14.8. The molecule has 238 valence electrons. The van der Waals surface area contributed by atoms with E-state index in [1.165, 1.54) is 0 Å². The summed E-state index contributed by atoms with van der Waals surface area (Å²) in [6.07, 6.45) is -1.37. The van der Waals surface area contributed by atoms with E-state index in [2.05, 4.69) is 10.3 Å². The molecular weight excluding hydrogens is 561 g/mol. The molecule has 0 bridgehead atoms. The van der Waals surface area contributed by atoms with Gasteiger partial charge in [-0.2, -0.15) is 4.98 Å². The van der Waals surface area contributed by atoms with Gasteiger partial charge in [0.2, 0.25) is 0 Å². The normalized spacial score (nSPS) is 19.6. The van der Waals surface area contributed by atoms with Crippen LogP contribution in [0.4, 0.5) is 24.6 Å². The number of rotatable bonds is 17. The van der Waals surface area contributed by atoms with Crippen LogP contribution in [0.1, 0.15) is 84.8 Å². The van der Waals surface area contributed by atoms with Crippen LogP contribution < -0.4 is 11.0 Å². The van der Waals surface area contributed by atoms with Crippen molar-refractivity contribution in [2.75, 3.05) is 31.7 Å². The van der Waals surface area contributed by atoms with Crippen LogP contribution in [0.2, 0.25) is 0 Å². The summed E-state index contributed by atoms with van der Waals surface area (Å²) in [7, 11) is 0. The van der Waals surface area contributed by atoms with Crippen LogP contribution in [0, 0.1) is 5.82 Å². The Bertz CT molecular complexity index is 1050. The van der Waals surface area contributed by atoms with Crippen molar-refractivity contribution < 1.29 is 52.3 Å². The molecule has 2 N–H and O–H groups in total. The number of carbonyl (C=O) groups is 3. The summed E-state index contributed by atoms with van der Waals surface area (Å²) in [6, 6.07) is 0. The number of unbranched alkanes of at least 4 members (excludes halogenated alkanes) is 6. The maximum atomic E-state index is 14.8. The summed E-state index contributed by atoms with van der Waals surface area (Å²) >= 11 is 0. The Kier molecular flexibility index (Phi) is 15.6. The molecule has 4 atom stereocenters. The van der Waals surface area contributed by atoms with Gasteiger partial charge in [0, 0.05) is 0 Å². The number of hydrogen-bond donors (Lipinski definition) is 2. The highest BCUT2D eigenvalue weighted by molar-refractivity contribution is 5.83. The number of carbonyl (C=O) groups excluding carboxylic acids is 3. The Labute approximate surface area is 243 Å². The fraction of sp³-hybridized carbons (Fsp3) is 0.741. The second-order valence-electron chi connectivity index (χ2n) is 9.66. The lowest BCUT2D eigenvalue weighted by Gasteiger charge is -2.20. The van der Waals surface area contributed by atoms with Crippen molar-refractivity contribution in [3.05, 3.63) is 22.5 Å². The van der Waals surface area contributed by atoms with E-state index in [0.29, 0.717) is 30.0 Å². The number of hydrogen-bond acceptors (Lipinski definition) is 12. The molecule has 1 aliphatic rings. The lowest BCUT2D eigenvalue weighted by Crippen LogP contribution is -2.40. The Morgan fingerprint density at radius 3 is 2.10 bits per heavy atom. The molecule has 0 saturated carbocycles. The maximum Gasteiger partial charge on any atom is 0.508 e. The van der Waals surface area contributed by atoms with Gasteiger partial charge in [0.25, 0.3) is 0 Å². The molecule has 0 aromatic carbocycles. The van der Waals surface area contributed by atoms with Gasteiger partial charge in [-0.05, 0) is 19.3 Å². The molecule has 2 rings (SSSR count). The average Bonchev–Trinajstić information content (AvgIpc) is 3.26. The molecule has 15 heteroatoms. The van der Waals surface area contributed by atoms with Gasteiger partial charge in [-0.25, -0.2) is 23.6 Å². The van der Waals surface area contributed by atoms with Gasteiger partial charge in [0.1, 0.15) is 18.8 Å². The first kappa shape index (κ1) is 34.7. The largest absolute Gasteiger partial charge is 0.508 e. The van der Waals surface area contributed by atoms with Crippen LogP contribution in [0.15, 0.2) is 11.0 Å². The van der Waals surface area contributed by atoms with E-state index < -0.39 is 66.9 Å². The van der Waals surface area contributed by atoms with Gasteiger partial charge < -0.3 is 33.5 Å². The Morgan fingerprint density at radius 1 is 0.929 bits per heavy atom. The molecule has 0 aliphatic carbocycles. The first-order valence-corrected chi connectivity index (χ1v) is 14.4. The van der Waals surface area contributed by atoms with Crippen LogP contribution >= 0.6 is 0 Å². The third-order valence-electron chi connectivity index (χ3n) is 6.23. The lowest BCUT2D eigenvalue weighted by atomic mass is 10.1. The van der Waals surface area contributed by atoms with Gasteiger partial charge in [-0.1, -0.05) is 59.3 Å². The van der Waals surface area contributed by atoms with Gasteiger partial charge in [0.05, 0.1) is 26.0 Å². The Morgan fingerprint density at radius 2 is 1.50 bits per heavy atom. The lowest BCUT2D eigenvalue weighted by molar-refractivity contribution is -0.0686. The Balaban J connectivity index is 2.13. The molecule has 0 radical (unpaired) electrons. The second-order valence-corrected chi connectivity index (χ2v) is 9.66. The molecule has 1 aliphatic heterocycles. The van der Waals surface area contributed by atoms with E-state index in [0.717, 1.165) is 38.5 Å². The SMILES string of the molecule is CCCCCOC(=O)Nc1nc(=O)n([C@@H]2O[C@H](COC(=O)OCCCCC)[C@@H](OC(=O)OCCCCC)[C@H]2O)cc1F. The molecule has 42 heavy (non-hydrogen) atoms. The molecule has 0 unspecified atom stereocenters. The number of nitrogens with one attached hydrogen (secondary N) is 1. The number of anilines is 1. The van der Waals surface area contributed by atoms with Crippen molar-refractivity contribution in [1.29, 1.82) is 0 Å². The number of amides is 1. The number of aliphatic hydroxyl groups is 1. The number of halogens is 1. The molecule has 1 fully saturated rings. The molecular formula is C27H42FN3O11. The smallest absolute Gasteiger partial charge is 0.449 e. The van der Waals surface area contributed by atoms with Crippen LogP contribution in [0.25, 0.3) is 0 Å². The van der Waals surface area contributed by atoms with Gasteiger partial charge in [0.15, 0.2) is 24.0 Å². The van der Waals surface area contributed by atoms with Crippen molar-refractivity contribution >= 4 is 24.2 Å². The number of ether oxygens (including phenoxy) is 6. The zero-order chi connectivity index (χ0) is 30.9. The molecule has 1 amide bonds. The van der Waals surface area contributed by atoms with Crippen LogP contribution in [-0.4, -0.2) is 77.8 Å². The molecule has 0 spiro atoms. The predicted octanol–water partition coefficient (Wildman–Crippen LogP) is 4.43. The van der Waals surface area contributed by atoms with E-state index in [1.54, 1.807) is 0 Å². The highest BCUT2D eigenvalue weighted by atomic mass is 19.1. The van der Waals surface area contributed by atoms with Crippen molar-refractivity contribution in [1.82, 2.24) is 9.55 Å². The molecule has 1 saturated heterocycles. The zero-order valence-electron chi connectivity index (χ0n) is 24.4. The van der Waals surface area contributed by atoms with Crippen LogP contribution in [0.3, 0.4) is 0 Å². The first-order chi connectivity index (χ1) is 20.2. The summed E-state index contributed by atoms with van der Waals surface area (Å²) in [5.74, 6) is -1.81. The highest BCUT2D eigenvalue weighted by Gasteiger charge is 2.49. The Hall–Kier alpha value is -3.46. The van der Waals surface area contributed by atoms with Crippen molar-refractivity contribution in [3.8, 4) is 0 Å². The van der Waals surface area contributed by atoms with Crippen molar-refractivity contribution in [3.63, 3.8) is 0 Å². The minimum absolute atomic E-state index is 0.0785. The summed E-state index contributed by atoms with van der Waals surface area (Å²) in [5, 5.41) is 13.0. The number of nitrogens with zero attached hydrogens (tertiary/aromatic N) is 2. The van der Waals surface area contributed by atoms with Gasteiger partial charge >= 0.3 is 24.1 Å². The molecule has 1 aromatic heterocycles.